The van der Waals surface area contributed by atoms with E-state index in [0.29, 0.717) is 12.2 Å². The monoisotopic (exact) mass is 143 g/mol. The van der Waals surface area contributed by atoms with E-state index in [1.54, 1.807) is 6.92 Å². The Morgan fingerprint density at radius 2 is 2.30 bits per heavy atom. The van der Waals surface area contributed by atoms with Gasteiger partial charge in [-0.2, -0.15) is 0 Å². The normalized spacial score (nSPS) is 11.3. The highest BCUT2D eigenvalue weighted by molar-refractivity contribution is 5.89. The molecule has 0 aromatic carbocycles. The molecule has 0 aromatic rings. The maximum Gasteiger partial charge on any atom is 0.158 e. The number of nitrogens with two attached hydrogens (primary N) is 1. The maximum atomic E-state index is 10.7. The molecule has 10 heavy (non-hydrogen) atoms. The molecular weight excluding hydrogens is 130 g/mol. The Bertz CT molecular complexity index is 135. The number of methoxy groups -OCH3 is 1. The molecule has 58 valence electrons. The van der Waals surface area contributed by atoms with Gasteiger partial charge in [0.15, 0.2) is 5.78 Å². The minimum Gasteiger partial charge on any atom is -0.500 e. The summed E-state index contributed by atoms with van der Waals surface area (Å²) in [5, 5.41) is 0. The summed E-state index contributed by atoms with van der Waals surface area (Å²) in [5.41, 5.74) is 5.24. The van der Waals surface area contributed by atoms with Crippen molar-refractivity contribution in [2.24, 2.45) is 5.73 Å². The third-order valence-corrected chi connectivity index (χ3v) is 1.13. The Balaban J connectivity index is 3.96. The molecule has 2 N–H and O–H groups in total. The van der Waals surface area contributed by atoms with E-state index in [2.05, 4.69) is 0 Å². The maximum absolute atomic E-state index is 10.7. The summed E-state index contributed by atoms with van der Waals surface area (Å²) in [6.45, 7) is 2.07. The van der Waals surface area contributed by atoms with Crippen molar-refractivity contribution in [3.63, 3.8) is 0 Å². The second-order valence-corrected chi connectivity index (χ2v) is 1.84. The van der Waals surface area contributed by atoms with E-state index in [1.807, 2.05) is 0 Å². The highest BCUT2D eigenvalue weighted by atomic mass is 16.5. The molecule has 0 aromatic heterocycles. The van der Waals surface area contributed by atoms with Crippen LogP contribution in [0.3, 0.4) is 0 Å². The van der Waals surface area contributed by atoms with Gasteiger partial charge >= 0.3 is 0 Å². The van der Waals surface area contributed by atoms with Crippen molar-refractivity contribution in [1.29, 1.82) is 0 Å². The molecule has 0 bridgehead atoms. The minimum absolute atomic E-state index is 0.0438. The highest BCUT2D eigenvalue weighted by Crippen LogP contribution is 1.93. The van der Waals surface area contributed by atoms with Crippen LogP contribution in [-0.4, -0.2) is 19.4 Å². The van der Waals surface area contributed by atoms with E-state index in [4.69, 9.17) is 10.5 Å². The van der Waals surface area contributed by atoms with Crippen LogP contribution in [0.25, 0.3) is 0 Å². The molecule has 0 radical (unpaired) electrons. The zero-order valence-corrected chi connectivity index (χ0v) is 6.39. The largest absolute Gasteiger partial charge is 0.500 e. The summed E-state index contributed by atoms with van der Waals surface area (Å²) in [5.74, 6) is 0.578. The standard InChI is InChI=1S/C7H13NO2/c1-3-6(9)4-7(5-8)10-2/h4H,3,5,8H2,1-2H3. The molecule has 0 rings (SSSR count). The first kappa shape index (κ1) is 9.17. The molecule has 0 aliphatic heterocycles. The van der Waals surface area contributed by atoms with Crippen LogP contribution in [-0.2, 0) is 9.53 Å². The van der Waals surface area contributed by atoms with Crippen LogP contribution in [0.4, 0.5) is 0 Å². The summed E-state index contributed by atoms with van der Waals surface area (Å²) >= 11 is 0. The van der Waals surface area contributed by atoms with E-state index >= 15 is 0 Å². The molecule has 0 atom stereocenters. The van der Waals surface area contributed by atoms with Gasteiger partial charge in [0.25, 0.3) is 0 Å². The van der Waals surface area contributed by atoms with Crippen LogP contribution in [0.1, 0.15) is 13.3 Å². The summed E-state index contributed by atoms with van der Waals surface area (Å²) in [6.07, 6.45) is 1.92. The van der Waals surface area contributed by atoms with E-state index in [0.717, 1.165) is 0 Å². The smallest absolute Gasteiger partial charge is 0.158 e. The number of carbonyl (C=O) groups excluding carboxylic acids is 1. The van der Waals surface area contributed by atoms with Gasteiger partial charge in [-0.25, -0.2) is 0 Å². The fourth-order valence-electron chi connectivity index (χ4n) is 0.483. The second kappa shape index (κ2) is 4.99. The van der Waals surface area contributed by atoms with Crippen LogP contribution in [0.5, 0.6) is 0 Å². The number of rotatable bonds is 4. The quantitative estimate of drug-likeness (QED) is 0.459. The molecule has 0 saturated heterocycles. The number of carbonyl (C=O) groups is 1. The van der Waals surface area contributed by atoms with Crippen LogP contribution < -0.4 is 5.73 Å². The number of hydrogen-bond acceptors (Lipinski definition) is 3. The molecule has 0 fully saturated rings. The van der Waals surface area contributed by atoms with Gasteiger partial charge < -0.3 is 10.5 Å². The van der Waals surface area contributed by atoms with E-state index in [1.165, 1.54) is 13.2 Å². The fourth-order valence-corrected chi connectivity index (χ4v) is 0.483. The van der Waals surface area contributed by atoms with Gasteiger partial charge in [-0.15, -0.1) is 0 Å². The zero-order valence-electron chi connectivity index (χ0n) is 6.39. The van der Waals surface area contributed by atoms with Gasteiger partial charge in [0.1, 0.15) is 5.76 Å². The van der Waals surface area contributed by atoms with E-state index in [9.17, 15) is 4.79 Å². The third kappa shape index (κ3) is 3.25. The van der Waals surface area contributed by atoms with Crippen molar-refractivity contribution in [1.82, 2.24) is 0 Å². The highest BCUT2D eigenvalue weighted by Gasteiger charge is 1.96. The van der Waals surface area contributed by atoms with Crippen molar-refractivity contribution >= 4 is 5.78 Å². The van der Waals surface area contributed by atoms with Crippen molar-refractivity contribution in [3.8, 4) is 0 Å². The van der Waals surface area contributed by atoms with Crippen LogP contribution in [0.15, 0.2) is 11.8 Å². The van der Waals surface area contributed by atoms with Crippen LogP contribution in [0.2, 0.25) is 0 Å². The van der Waals surface area contributed by atoms with Gasteiger partial charge in [-0.3, -0.25) is 4.79 Å². The SMILES string of the molecule is CCC(=O)C=C(CN)OC. The first-order valence-corrected chi connectivity index (χ1v) is 3.22. The lowest BCUT2D eigenvalue weighted by molar-refractivity contribution is -0.114. The lowest BCUT2D eigenvalue weighted by atomic mass is 10.3. The average molecular weight is 143 g/mol. The Morgan fingerprint density at radius 3 is 2.60 bits per heavy atom. The molecule has 0 unspecified atom stereocenters. The predicted molar refractivity (Wildman–Crippen MR) is 39.4 cm³/mol. The van der Waals surface area contributed by atoms with Gasteiger partial charge in [0.2, 0.25) is 0 Å². The molecule has 0 spiro atoms. The summed E-state index contributed by atoms with van der Waals surface area (Å²) in [7, 11) is 1.50. The molecule has 3 heteroatoms. The number of ketones is 1. The number of hydrogen-bond donors (Lipinski definition) is 1. The zero-order chi connectivity index (χ0) is 7.98. The first-order valence-electron chi connectivity index (χ1n) is 3.22. The third-order valence-electron chi connectivity index (χ3n) is 1.13. The molecule has 0 amide bonds. The van der Waals surface area contributed by atoms with E-state index < -0.39 is 0 Å². The van der Waals surface area contributed by atoms with Gasteiger partial charge in [0.05, 0.1) is 13.7 Å². The van der Waals surface area contributed by atoms with E-state index in [-0.39, 0.29) is 12.3 Å². The minimum atomic E-state index is 0.0438. The van der Waals surface area contributed by atoms with Crippen molar-refractivity contribution in [2.75, 3.05) is 13.7 Å². The van der Waals surface area contributed by atoms with Gasteiger partial charge in [-0.05, 0) is 0 Å². The summed E-state index contributed by atoms with van der Waals surface area (Å²) in [4.78, 5) is 10.7. The Hall–Kier alpha value is -0.830. The Kier molecular flexibility index (Phi) is 4.58. The average Bonchev–Trinajstić information content (AvgIpc) is 1.99. The topological polar surface area (TPSA) is 52.3 Å². The fraction of sp³-hybridized carbons (Fsp3) is 0.571. The molecule has 0 saturated carbocycles. The van der Waals surface area contributed by atoms with Crippen molar-refractivity contribution < 1.29 is 9.53 Å². The molecule has 0 aliphatic carbocycles. The number of allylic oxidation sites excluding steroid dienone is 1. The van der Waals surface area contributed by atoms with Crippen LogP contribution >= 0.6 is 0 Å². The van der Waals surface area contributed by atoms with Crippen molar-refractivity contribution in [3.05, 3.63) is 11.8 Å². The number of ether oxygens (including phenoxy) is 1. The lowest BCUT2D eigenvalue weighted by Crippen LogP contribution is -2.06. The van der Waals surface area contributed by atoms with Gasteiger partial charge in [0, 0.05) is 12.5 Å². The van der Waals surface area contributed by atoms with Gasteiger partial charge in [-0.1, -0.05) is 6.92 Å². The molecule has 3 nitrogen and oxygen atoms in total. The Labute approximate surface area is 60.9 Å². The first-order chi connectivity index (χ1) is 4.74. The summed E-state index contributed by atoms with van der Waals surface area (Å²) in [6, 6.07) is 0. The van der Waals surface area contributed by atoms with Crippen molar-refractivity contribution in [2.45, 2.75) is 13.3 Å². The second-order valence-electron chi connectivity index (χ2n) is 1.84. The molecule has 0 aliphatic rings. The summed E-state index contributed by atoms with van der Waals surface area (Å²) < 4.78 is 4.79. The molecule has 0 heterocycles. The Morgan fingerprint density at radius 1 is 1.70 bits per heavy atom. The molecular formula is C7H13NO2. The lowest BCUT2D eigenvalue weighted by Gasteiger charge is -1.99. The predicted octanol–water partition coefficient (Wildman–Crippen LogP) is 0.455. The van der Waals surface area contributed by atoms with Crippen LogP contribution in [0, 0.1) is 0 Å².